The van der Waals surface area contributed by atoms with Crippen molar-refractivity contribution < 1.29 is 4.74 Å². The zero-order chi connectivity index (χ0) is 13.0. The fourth-order valence-electron chi connectivity index (χ4n) is 1.55. The van der Waals surface area contributed by atoms with E-state index in [4.69, 9.17) is 27.9 Å². The van der Waals surface area contributed by atoms with Crippen molar-refractivity contribution in [3.8, 4) is 5.75 Å². The minimum Gasteiger partial charge on any atom is -0.483 e. The van der Waals surface area contributed by atoms with Crippen molar-refractivity contribution in [2.45, 2.75) is 12.5 Å². The fraction of sp³-hybridized carbons (Fsp3) is 0.231. The van der Waals surface area contributed by atoms with Gasteiger partial charge in [0.25, 0.3) is 0 Å². The van der Waals surface area contributed by atoms with E-state index in [1.807, 2.05) is 6.07 Å². The average Bonchev–Trinajstić information content (AvgIpc) is 2.87. The van der Waals surface area contributed by atoms with Crippen LogP contribution in [0.15, 0.2) is 35.7 Å². The Morgan fingerprint density at radius 3 is 2.78 bits per heavy atom. The third-order valence-electron chi connectivity index (χ3n) is 2.39. The van der Waals surface area contributed by atoms with Crippen LogP contribution in [-0.2, 0) is 0 Å². The molecule has 0 unspecified atom stereocenters. The van der Waals surface area contributed by atoms with Crippen LogP contribution in [0.2, 0.25) is 10.0 Å². The monoisotopic (exact) mass is 412 g/mol. The van der Waals surface area contributed by atoms with Crippen molar-refractivity contribution in [1.29, 1.82) is 0 Å². The Morgan fingerprint density at radius 1 is 1.28 bits per heavy atom. The van der Waals surface area contributed by atoms with E-state index in [9.17, 15) is 0 Å². The molecule has 0 radical (unpaired) electrons. The highest BCUT2D eigenvalue weighted by Gasteiger charge is 2.15. The molecule has 1 aromatic heterocycles. The van der Waals surface area contributed by atoms with Crippen molar-refractivity contribution in [3.63, 3.8) is 0 Å². The predicted octanol–water partition coefficient (Wildman–Crippen LogP) is 6.00. The normalized spacial score (nSPS) is 12.4. The first kappa shape index (κ1) is 14.4. The number of benzene rings is 1. The van der Waals surface area contributed by atoms with Gasteiger partial charge in [-0.15, -0.1) is 11.3 Å². The zero-order valence-corrected chi connectivity index (χ0v) is 13.9. The Labute approximate surface area is 134 Å². The van der Waals surface area contributed by atoms with E-state index in [0.29, 0.717) is 15.8 Å². The second-order valence-corrected chi connectivity index (χ2v) is 6.58. The molecule has 1 atom stereocenters. The molecule has 96 valence electrons. The first-order valence-corrected chi connectivity index (χ1v) is 8.58. The molecule has 18 heavy (non-hydrogen) atoms. The van der Waals surface area contributed by atoms with Gasteiger partial charge in [-0.2, -0.15) is 0 Å². The van der Waals surface area contributed by atoms with Gasteiger partial charge in [0, 0.05) is 20.4 Å². The number of hydrogen-bond acceptors (Lipinski definition) is 2. The zero-order valence-electron chi connectivity index (χ0n) is 9.41. The lowest BCUT2D eigenvalue weighted by Crippen LogP contribution is -2.07. The molecule has 1 nitrogen and oxygen atoms in total. The van der Waals surface area contributed by atoms with Gasteiger partial charge in [0.05, 0.1) is 5.02 Å². The summed E-state index contributed by atoms with van der Waals surface area (Å²) in [6.07, 6.45) is 0.988. The summed E-state index contributed by atoms with van der Waals surface area (Å²) in [6.45, 7) is 0. The van der Waals surface area contributed by atoms with Gasteiger partial charge < -0.3 is 4.74 Å². The summed E-state index contributed by atoms with van der Waals surface area (Å²) in [6, 6.07) is 9.39. The molecule has 0 aliphatic carbocycles. The van der Waals surface area contributed by atoms with Crippen molar-refractivity contribution in [3.05, 3.63) is 50.6 Å². The molecule has 0 bridgehead atoms. The van der Waals surface area contributed by atoms with E-state index in [1.165, 1.54) is 4.88 Å². The molecule has 5 heteroatoms. The van der Waals surface area contributed by atoms with E-state index < -0.39 is 0 Å². The summed E-state index contributed by atoms with van der Waals surface area (Å²) in [7, 11) is 0. The molecular weight excluding hydrogens is 402 g/mol. The Bertz CT molecular complexity index is 502. The highest BCUT2D eigenvalue weighted by atomic mass is 127. The maximum absolute atomic E-state index is 6.12. The molecule has 2 aromatic rings. The molecule has 0 amide bonds. The van der Waals surface area contributed by atoms with Gasteiger partial charge >= 0.3 is 0 Å². The highest BCUT2D eigenvalue weighted by Crippen LogP contribution is 2.34. The van der Waals surface area contributed by atoms with Gasteiger partial charge in [0.15, 0.2) is 0 Å². The summed E-state index contributed by atoms with van der Waals surface area (Å²) in [5, 5.41) is 3.28. The minimum atomic E-state index is 0.0397. The Morgan fingerprint density at radius 2 is 2.11 bits per heavy atom. The Balaban J connectivity index is 2.21. The molecular formula is C13H11Cl2IOS. The summed E-state index contributed by atoms with van der Waals surface area (Å²) >= 11 is 16.1. The molecule has 2 rings (SSSR count). The van der Waals surface area contributed by atoms with E-state index in [0.717, 1.165) is 10.8 Å². The molecule has 0 fully saturated rings. The molecule has 0 saturated heterocycles. The lowest BCUT2D eigenvalue weighted by molar-refractivity contribution is 0.207. The van der Waals surface area contributed by atoms with Crippen LogP contribution in [0.3, 0.4) is 0 Å². The number of ether oxygens (including phenoxy) is 1. The van der Waals surface area contributed by atoms with Crippen LogP contribution in [0.1, 0.15) is 17.4 Å². The van der Waals surface area contributed by atoms with Crippen molar-refractivity contribution in [2.24, 2.45) is 0 Å². The summed E-state index contributed by atoms with van der Waals surface area (Å²) in [4.78, 5) is 1.21. The second-order valence-electron chi connectivity index (χ2n) is 3.67. The van der Waals surface area contributed by atoms with E-state index in [-0.39, 0.29) is 6.10 Å². The standard InChI is InChI=1S/C13H11Cl2IOS/c14-9-3-4-10(15)12(8-9)17-11(5-6-16)13-2-1-7-18-13/h1-4,7-8,11H,5-6H2/t11-/m1/s1. The van der Waals surface area contributed by atoms with Crippen LogP contribution in [0.5, 0.6) is 5.75 Å². The van der Waals surface area contributed by atoms with Gasteiger partial charge in [-0.1, -0.05) is 51.9 Å². The van der Waals surface area contributed by atoms with E-state index >= 15 is 0 Å². The van der Waals surface area contributed by atoms with Gasteiger partial charge in [-0.3, -0.25) is 0 Å². The first-order chi connectivity index (χ1) is 8.70. The van der Waals surface area contributed by atoms with E-state index in [1.54, 1.807) is 29.5 Å². The van der Waals surface area contributed by atoms with Crippen LogP contribution in [0.25, 0.3) is 0 Å². The molecule has 0 aliphatic heterocycles. The van der Waals surface area contributed by atoms with Gasteiger partial charge in [-0.05, 0) is 30.0 Å². The third kappa shape index (κ3) is 3.76. The maximum atomic E-state index is 6.12. The molecule has 1 heterocycles. The number of thiophene rings is 1. The Hall–Kier alpha value is 0.0300. The van der Waals surface area contributed by atoms with Gasteiger partial charge in [-0.25, -0.2) is 0 Å². The SMILES string of the molecule is Clc1ccc(Cl)c(O[C@H](CCI)c2cccs2)c1. The summed E-state index contributed by atoms with van der Waals surface area (Å²) in [5.74, 6) is 0.646. The van der Waals surface area contributed by atoms with Crippen LogP contribution >= 0.6 is 57.1 Å². The maximum Gasteiger partial charge on any atom is 0.140 e. The molecule has 0 spiro atoms. The largest absolute Gasteiger partial charge is 0.483 e. The van der Waals surface area contributed by atoms with Crippen LogP contribution < -0.4 is 4.74 Å². The van der Waals surface area contributed by atoms with Crippen molar-refractivity contribution in [1.82, 2.24) is 0 Å². The predicted molar refractivity (Wildman–Crippen MR) is 87.7 cm³/mol. The number of hydrogen-bond donors (Lipinski definition) is 0. The second kappa shape index (κ2) is 6.98. The lowest BCUT2D eigenvalue weighted by Gasteiger charge is -2.18. The van der Waals surface area contributed by atoms with Crippen LogP contribution in [0.4, 0.5) is 0 Å². The smallest absolute Gasteiger partial charge is 0.140 e. The quantitative estimate of drug-likeness (QED) is 0.432. The van der Waals surface area contributed by atoms with Crippen molar-refractivity contribution >= 4 is 57.1 Å². The lowest BCUT2D eigenvalue weighted by atomic mass is 10.2. The van der Waals surface area contributed by atoms with Gasteiger partial charge in [0.1, 0.15) is 11.9 Å². The molecule has 0 N–H and O–H groups in total. The van der Waals surface area contributed by atoms with Crippen LogP contribution in [0, 0.1) is 0 Å². The minimum absolute atomic E-state index is 0.0397. The topological polar surface area (TPSA) is 9.23 Å². The van der Waals surface area contributed by atoms with Crippen molar-refractivity contribution in [2.75, 3.05) is 4.43 Å². The van der Waals surface area contributed by atoms with Gasteiger partial charge in [0.2, 0.25) is 0 Å². The van der Waals surface area contributed by atoms with E-state index in [2.05, 4.69) is 34.0 Å². The summed E-state index contributed by atoms with van der Waals surface area (Å²) in [5.41, 5.74) is 0. The average molecular weight is 413 g/mol. The number of halogens is 3. The van der Waals surface area contributed by atoms with Crippen LogP contribution in [-0.4, -0.2) is 4.43 Å². The first-order valence-electron chi connectivity index (χ1n) is 5.42. The number of alkyl halides is 1. The Kier molecular flexibility index (Phi) is 5.60. The molecule has 0 saturated carbocycles. The molecule has 1 aromatic carbocycles. The molecule has 0 aliphatic rings. The number of rotatable bonds is 5. The summed E-state index contributed by atoms with van der Waals surface area (Å²) < 4.78 is 7.03. The fourth-order valence-corrected chi connectivity index (χ4v) is 3.23. The highest BCUT2D eigenvalue weighted by molar-refractivity contribution is 14.1. The third-order valence-corrected chi connectivity index (χ3v) is 4.53.